The quantitative estimate of drug-likeness (QED) is 0.705. The predicted molar refractivity (Wildman–Crippen MR) is 117 cm³/mol. The highest BCUT2D eigenvalue weighted by molar-refractivity contribution is 7.99. The SMILES string of the molecule is Cc1cc(CN2CCSCC2)ccc1NC(=O)/C=C/c1ccc(C2CC2C)o1. The molecule has 28 heavy (non-hydrogen) atoms. The van der Waals surface area contributed by atoms with Crippen LogP contribution >= 0.6 is 11.8 Å². The maximum absolute atomic E-state index is 12.3. The third-order valence-electron chi connectivity index (χ3n) is 5.58. The minimum absolute atomic E-state index is 0.137. The molecule has 2 unspecified atom stereocenters. The fourth-order valence-electron chi connectivity index (χ4n) is 3.69. The molecule has 2 heterocycles. The van der Waals surface area contributed by atoms with E-state index in [1.54, 1.807) is 6.08 Å². The molecule has 5 heteroatoms. The first-order valence-corrected chi connectivity index (χ1v) is 11.2. The molecule has 1 aliphatic heterocycles. The normalized spacial score (nSPS) is 22.5. The molecule has 2 aromatic rings. The Morgan fingerprint density at radius 1 is 1.29 bits per heavy atom. The summed E-state index contributed by atoms with van der Waals surface area (Å²) >= 11 is 2.03. The monoisotopic (exact) mass is 396 g/mol. The summed E-state index contributed by atoms with van der Waals surface area (Å²) in [6.07, 6.45) is 4.48. The third-order valence-corrected chi connectivity index (χ3v) is 6.52. The van der Waals surface area contributed by atoms with Gasteiger partial charge < -0.3 is 9.73 Å². The molecule has 0 spiro atoms. The van der Waals surface area contributed by atoms with E-state index in [2.05, 4.69) is 29.3 Å². The zero-order chi connectivity index (χ0) is 19.5. The molecule has 1 saturated carbocycles. The lowest BCUT2D eigenvalue weighted by atomic mass is 10.1. The number of hydrogen-bond donors (Lipinski definition) is 1. The van der Waals surface area contributed by atoms with E-state index in [0.717, 1.165) is 42.4 Å². The summed E-state index contributed by atoms with van der Waals surface area (Å²) in [6.45, 7) is 7.57. The van der Waals surface area contributed by atoms with E-state index in [4.69, 9.17) is 4.42 Å². The maximum atomic E-state index is 12.3. The molecule has 4 nitrogen and oxygen atoms in total. The van der Waals surface area contributed by atoms with E-state index in [1.807, 2.05) is 36.9 Å². The Labute approximate surface area is 171 Å². The first-order chi connectivity index (χ1) is 13.6. The van der Waals surface area contributed by atoms with Crippen LogP contribution in [-0.2, 0) is 11.3 Å². The molecule has 1 aromatic heterocycles. The number of hydrogen-bond acceptors (Lipinski definition) is 4. The second-order valence-electron chi connectivity index (χ2n) is 7.92. The lowest BCUT2D eigenvalue weighted by Crippen LogP contribution is -2.31. The van der Waals surface area contributed by atoms with Crippen LogP contribution in [0.25, 0.3) is 6.08 Å². The van der Waals surface area contributed by atoms with Gasteiger partial charge in [-0.25, -0.2) is 0 Å². The largest absolute Gasteiger partial charge is 0.461 e. The van der Waals surface area contributed by atoms with Crippen LogP contribution in [0, 0.1) is 12.8 Å². The van der Waals surface area contributed by atoms with Crippen LogP contribution in [-0.4, -0.2) is 35.4 Å². The highest BCUT2D eigenvalue weighted by atomic mass is 32.2. The molecule has 2 fully saturated rings. The van der Waals surface area contributed by atoms with Crippen molar-refractivity contribution in [2.24, 2.45) is 5.92 Å². The zero-order valence-electron chi connectivity index (χ0n) is 16.6. The number of amides is 1. The first-order valence-electron chi connectivity index (χ1n) is 10.1. The summed E-state index contributed by atoms with van der Waals surface area (Å²) in [7, 11) is 0. The van der Waals surface area contributed by atoms with Crippen molar-refractivity contribution in [3.05, 3.63) is 59.1 Å². The van der Waals surface area contributed by atoms with Crippen LogP contribution in [0.3, 0.4) is 0 Å². The van der Waals surface area contributed by atoms with Crippen LogP contribution in [0.4, 0.5) is 5.69 Å². The van der Waals surface area contributed by atoms with Gasteiger partial charge in [0.25, 0.3) is 0 Å². The lowest BCUT2D eigenvalue weighted by Gasteiger charge is -2.26. The number of nitrogens with zero attached hydrogens (tertiary/aromatic N) is 1. The van der Waals surface area contributed by atoms with Gasteiger partial charge in [-0.1, -0.05) is 19.1 Å². The van der Waals surface area contributed by atoms with Crippen molar-refractivity contribution in [2.45, 2.75) is 32.7 Å². The van der Waals surface area contributed by atoms with Crippen molar-refractivity contribution in [3.8, 4) is 0 Å². The Balaban J connectivity index is 1.32. The van der Waals surface area contributed by atoms with Crippen LogP contribution in [0.15, 0.2) is 40.8 Å². The highest BCUT2D eigenvalue weighted by Crippen LogP contribution is 2.47. The smallest absolute Gasteiger partial charge is 0.248 e. The predicted octanol–water partition coefficient (Wildman–Crippen LogP) is 4.91. The third kappa shape index (κ3) is 4.89. The molecular formula is C23H28N2O2S. The van der Waals surface area contributed by atoms with Crippen LogP contribution in [0.2, 0.25) is 0 Å². The van der Waals surface area contributed by atoms with Gasteiger partial charge in [0.15, 0.2) is 0 Å². The summed E-state index contributed by atoms with van der Waals surface area (Å²) in [5.41, 5.74) is 3.25. The Morgan fingerprint density at radius 3 is 2.79 bits per heavy atom. The second-order valence-corrected chi connectivity index (χ2v) is 9.14. The highest BCUT2D eigenvalue weighted by Gasteiger charge is 2.36. The van der Waals surface area contributed by atoms with Crippen LogP contribution in [0.5, 0.6) is 0 Å². The minimum atomic E-state index is -0.137. The van der Waals surface area contributed by atoms with E-state index in [-0.39, 0.29) is 5.91 Å². The van der Waals surface area contributed by atoms with Crippen LogP contribution in [0.1, 0.15) is 41.9 Å². The molecule has 1 N–H and O–H groups in total. The molecule has 1 aliphatic carbocycles. The molecule has 2 atom stereocenters. The molecule has 0 bridgehead atoms. The van der Waals surface area contributed by atoms with Gasteiger partial charge in [-0.05, 0) is 54.7 Å². The molecule has 2 aliphatic rings. The average Bonchev–Trinajstić information content (AvgIpc) is 3.23. The fraction of sp³-hybridized carbons (Fsp3) is 0.435. The van der Waals surface area contributed by atoms with Crippen molar-refractivity contribution in [1.29, 1.82) is 0 Å². The molecule has 148 valence electrons. The van der Waals surface area contributed by atoms with Crippen molar-refractivity contribution < 1.29 is 9.21 Å². The number of furan rings is 1. The van der Waals surface area contributed by atoms with Crippen molar-refractivity contribution in [2.75, 3.05) is 29.9 Å². The van der Waals surface area contributed by atoms with Gasteiger partial charge in [-0.2, -0.15) is 11.8 Å². The first kappa shape index (κ1) is 19.3. The number of thioether (sulfide) groups is 1. The van der Waals surface area contributed by atoms with Crippen molar-refractivity contribution >= 4 is 29.4 Å². The molecule has 0 radical (unpaired) electrons. The number of carbonyl (C=O) groups is 1. The maximum Gasteiger partial charge on any atom is 0.248 e. The van der Waals surface area contributed by atoms with Crippen LogP contribution < -0.4 is 5.32 Å². The van der Waals surface area contributed by atoms with E-state index >= 15 is 0 Å². The Morgan fingerprint density at radius 2 is 2.07 bits per heavy atom. The summed E-state index contributed by atoms with van der Waals surface area (Å²) < 4.78 is 5.82. The molecule has 1 saturated heterocycles. The number of carbonyl (C=O) groups excluding carboxylic acids is 1. The van der Waals surface area contributed by atoms with Gasteiger partial charge in [0, 0.05) is 48.8 Å². The van der Waals surface area contributed by atoms with E-state index in [0.29, 0.717) is 11.8 Å². The van der Waals surface area contributed by atoms with Crippen molar-refractivity contribution in [1.82, 2.24) is 4.90 Å². The topological polar surface area (TPSA) is 45.5 Å². The Hall–Kier alpha value is -1.98. The summed E-state index contributed by atoms with van der Waals surface area (Å²) in [5.74, 6) is 5.34. The molecular weight excluding hydrogens is 368 g/mol. The van der Waals surface area contributed by atoms with Gasteiger partial charge in [0.1, 0.15) is 11.5 Å². The number of anilines is 1. The standard InChI is InChI=1S/C23H28N2O2S/c1-16-14-20(16)22-7-4-19(27-22)5-8-23(26)24-21-6-3-18(13-17(21)2)15-25-9-11-28-12-10-25/h3-8,13,16,20H,9-12,14-15H2,1-2H3,(H,24,26)/b8-5+. The van der Waals surface area contributed by atoms with Gasteiger partial charge >= 0.3 is 0 Å². The number of nitrogens with one attached hydrogen (secondary N) is 1. The number of aryl methyl sites for hydroxylation is 1. The summed E-state index contributed by atoms with van der Waals surface area (Å²) in [4.78, 5) is 14.8. The van der Waals surface area contributed by atoms with Crippen molar-refractivity contribution in [3.63, 3.8) is 0 Å². The minimum Gasteiger partial charge on any atom is -0.461 e. The van der Waals surface area contributed by atoms with E-state index < -0.39 is 0 Å². The van der Waals surface area contributed by atoms with E-state index in [9.17, 15) is 4.79 Å². The summed E-state index contributed by atoms with van der Waals surface area (Å²) in [5, 5.41) is 2.98. The Kier molecular flexibility index (Phi) is 5.93. The molecule has 4 rings (SSSR count). The van der Waals surface area contributed by atoms with Gasteiger partial charge in [-0.3, -0.25) is 9.69 Å². The molecule has 1 amide bonds. The van der Waals surface area contributed by atoms with E-state index in [1.165, 1.54) is 29.6 Å². The van der Waals surface area contributed by atoms with Gasteiger partial charge in [0.05, 0.1) is 0 Å². The van der Waals surface area contributed by atoms with Gasteiger partial charge in [-0.15, -0.1) is 0 Å². The lowest BCUT2D eigenvalue weighted by molar-refractivity contribution is -0.111. The number of benzene rings is 1. The summed E-state index contributed by atoms with van der Waals surface area (Å²) in [6, 6.07) is 10.3. The second kappa shape index (κ2) is 8.58. The number of rotatable bonds is 6. The average molecular weight is 397 g/mol. The fourth-order valence-corrected chi connectivity index (χ4v) is 4.67. The Bertz CT molecular complexity index is 867. The zero-order valence-corrected chi connectivity index (χ0v) is 17.4. The molecule has 1 aromatic carbocycles. The van der Waals surface area contributed by atoms with Gasteiger partial charge in [0.2, 0.25) is 5.91 Å².